The van der Waals surface area contributed by atoms with E-state index in [9.17, 15) is 9.18 Å². The summed E-state index contributed by atoms with van der Waals surface area (Å²) < 4.78 is 14.3. The highest BCUT2D eigenvalue weighted by Crippen LogP contribution is 2.35. The van der Waals surface area contributed by atoms with Gasteiger partial charge in [0.1, 0.15) is 5.82 Å². The average Bonchev–Trinajstić information content (AvgIpc) is 2.49. The van der Waals surface area contributed by atoms with E-state index in [-0.39, 0.29) is 22.5 Å². The Hall–Kier alpha value is -2.40. The van der Waals surface area contributed by atoms with Crippen molar-refractivity contribution in [2.24, 2.45) is 16.5 Å². The molecule has 2 aromatic carbocycles. The van der Waals surface area contributed by atoms with Crippen molar-refractivity contribution in [3.63, 3.8) is 0 Å². The van der Waals surface area contributed by atoms with E-state index in [1.165, 1.54) is 18.2 Å². The van der Waals surface area contributed by atoms with Gasteiger partial charge < -0.3 is 11.5 Å². The summed E-state index contributed by atoms with van der Waals surface area (Å²) in [5.41, 5.74) is 11.7. The van der Waals surface area contributed by atoms with Crippen LogP contribution < -0.4 is 11.5 Å². The molecule has 4 N–H and O–H groups in total. The molecule has 6 heteroatoms. The highest BCUT2D eigenvalue weighted by molar-refractivity contribution is 6.30. The zero-order chi connectivity index (χ0) is 17.0. The second kappa shape index (κ2) is 7.24. The number of amides is 1. The predicted molar refractivity (Wildman–Crippen MR) is 89.8 cm³/mol. The summed E-state index contributed by atoms with van der Waals surface area (Å²) in [4.78, 5) is 16.1. The molecule has 0 bridgehead atoms. The van der Waals surface area contributed by atoms with Crippen LogP contribution in [0.15, 0.2) is 53.5 Å². The van der Waals surface area contributed by atoms with Crippen molar-refractivity contribution >= 4 is 23.5 Å². The molecular formula is C17H17ClFN3O. The van der Waals surface area contributed by atoms with Gasteiger partial charge in [0.05, 0.1) is 5.92 Å². The van der Waals surface area contributed by atoms with Crippen LogP contribution in [-0.4, -0.2) is 11.9 Å². The minimum atomic E-state index is -0.850. The largest absolute Gasteiger partial charge is 0.370 e. The fraction of sp³-hybridized carbons (Fsp3) is 0.176. The van der Waals surface area contributed by atoms with Gasteiger partial charge in [0.25, 0.3) is 5.91 Å². The van der Waals surface area contributed by atoms with Crippen molar-refractivity contribution in [3.05, 3.63) is 70.5 Å². The van der Waals surface area contributed by atoms with Gasteiger partial charge in [-0.2, -0.15) is 4.99 Å². The van der Waals surface area contributed by atoms with Crippen molar-refractivity contribution in [1.29, 1.82) is 0 Å². The van der Waals surface area contributed by atoms with Crippen LogP contribution in [0.1, 0.15) is 29.9 Å². The van der Waals surface area contributed by atoms with Crippen LogP contribution in [0.5, 0.6) is 0 Å². The molecule has 2 aromatic rings. The van der Waals surface area contributed by atoms with Gasteiger partial charge in [-0.3, -0.25) is 4.79 Å². The maximum atomic E-state index is 14.3. The van der Waals surface area contributed by atoms with Crippen molar-refractivity contribution in [2.75, 3.05) is 0 Å². The zero-order valence-corrected chi connectivity index (χ0v) is 13.3. The molecule has 0 aliphatic carbocycles. The van der Waals surface area contributed by atoms with Gasteiger partial charge in [0, 0.05) is 10.6 Å². The van der Waals surface area contributed by atoms with Gasteiger partial charge in [-0.15, -0.1) is 0 Å². The minimum Gasteiger partial charge on any atom is -0.370 e. The number of carbonyl (C=O) groups excluding carboxylic acids is 1. The highest BCUT2D eigenvalue weighted by Gasteiger charge is 2.30. The molecule has 1 amide bonds. The lowest BCUT2D eigenvalue weighted by atomic mass is 9.82. The monoisotopic (exact) mass is 333 g/mol. The van der Waals surface area contributed by atoms with E-state index < -0.39 is 17.6 Å². The lowest BCUT2D eigenvalue weighted by Gasteiger charge is -2.22. The second-order valence-corrected chi connectivity index (χ2v) is 5.65. The van der Waals surface area contributed by atoms with Crippen molar-refractivity contribution in [2.45, 2.75) is 18.8 Å². The molecule has 2 rings (SSSR count). The van der Waals surface area contributed by atoms with Gasteiger partial charge in [0.2, 0.25) is 0 Å². The number of halogens is 2. The van der Waals surface area contributed by atoms with Crippen molar-refractivity contribution < 1.29 is 9.18 Å². The van der Waals surface area contributed by atoms with Crippen LogP contribution in [0.25, 0.3) is 0 Å². The molecule has 0 heterocycles. The third-order valence-corrected chi connectivity index (χ3v) is 3.86. The summed E-state index contributed by atoms with van der Waals surface area (Å²) in [6, 6.07) is 13.5. The summed E-state index contributed by atoms with van der Waals surface area (Å²) in [7, 11) is 0. The smallest absolute Gasteiger partial charge is 0.257 e. The van der Waals surface area contributed by atoms with Gasteiger partial charge in [-0.05, 0) is 23.6 Å². The highest BCUT2D eigenvalue weighted by atomic mass is 35.5. The number of nitrogens with zero attached hydrogens (tertiary/aromatic N) is 1. The van der Waals surface area contributed by atoms with E-state index in [1.807, 2.05) is 37.3 Å². The fourth-order valence-corrected chi connectivity index (χ4v) is 2.67. The molecule has 2 unspecified atom stereocenters. The maximum absolute atomic E-state index is 14.3. The molecule has 2 atom stereocenters. The summed E-state index contributed by atoms with van der Waals surface area (Å²) in [5.74, 6) is -2.68. The third kappa shape index (κ3) is 4.07. The molecule has 23 heavy (non-hydrogen) atoms. The SMILES string of the molecule is CC(c1ccccc1)C(C(=O)N=C(N)N)c1ccc(Cl)cc1F. The molecule has 0 saturated heterocycles. The Labute approximate surface area is 139 Å². The predicted octanol–water partition coefficient (Wildman–Crippen LogP) is 3.17. The van der Waals surface area contributed by atoms with Crippen LogP contribution in [-0.2, 0) is 4.79 Å². The molecule has 0 spiro atoms. The number of benzene rings is 2. The van der Waals surface area contributed by atoms with Crippen molar-refractivity contribution in [3.8, 4) is 0 Å². The molecule has 4 nitrogen and oxygen atoms in total. The molecule has 0 saturated carbocycles. The van der Waals surface area contributed by atoms with E-state index in [0.717, 1.165) is 5.56 Å². The van der Waals surface area contributed by atoms with E-state index in [2.05, 4.69) is 4.99 Å². The number of nitrogens with two attached hydrogens (primary N) is 2. The number of hydrogen-bond donors (Lipinski definition) is 2. The van der Waals surface area contributed by atoms with Crippen LogP contribution >= 0.6 is 11.6 Å². The first-order valence-electron chi connectivity index (χ1n) is 7.03. The van der Waals surface area contributed by atoms with E-state index >= 15 is 0 Å². The Kier molecular flexibility index (Phi) is 5.34. The average molecular weight is 334 g/mol. The Morgan fingerprint density at radius 2 is 1.83 bits per heavy atom. The maximum Gasteiger partial charge on any atom is 0.257 e. The topological polar surface area (TPSA) is 81.5 Å². The van der Waals surface area contributed by atoms with E-state index in [0.29, 0.717) is 0 Å². The third-order valence-electron chi connectivity index (χ3n) is 3.63. The Morgan fingerprint density at radius 1 is 1.17 bits per heavy atom. The first-order valence-corrected chi connectivity index (χ1v) is 7.41. The van der Waals surface area contributed by atoms with Crippen LogP contribution in [0.2, 0.25) is 5.02 Å². The van der Waals surface area contributed by atoms with Crippen LogP contribution in [0.4, 0.5) is 4.39 Å². The summed E-state index contributed by atoms with van der Waals surface area (Å²) in [6.07, 6.45) is 0. The van der Waals surface area contributed by atoms with Crippen molar-refractivity contribution in [1.82, 2.24) is 0 Å². The Morgan fingerprint density at radius 3 is 2.39 bits per heavy atom. The molecule has 0 aliphatic heterocycles. The van der Waals surface area contributed by atoms with Gasteiger partial charge in [-0.25, -0.2) is 4.39 Å². The first-order chi connectivity index (χ1) is 10.9. The van der Waals surface area contributed by atoms with Crippen LogP contribution in [0, 0.1) is 5.82 Å². The summed E-state index contributed by atoms with van der Waals surface area (Å²) in [5, 5.41) is 0.256. The molecule has 120 valence electrons. The van der Waals surface area contributed by atoms with Crippen LogP contribution in [0.3, 0.4) is 0 Å². The number of guanidine groups is 1. The minimum absolute atomic E-state index is 0.209. The number of carbonyl (C=O) groups is 1. The first kappa shape index (κ1) is 17.0. The number of hydrogen-bond acceptors (Lipinski definition) is 1. The fourth-order valence-electron chi connectivity index (χ4n) is 2.52. The number of rotatable bonds is 4. The molecule has 0 radical (unpaired) electrons. The molecule has 0 aromatic heterocycles. The molecular weight excluding hydrogens is 317 g/mol. The lowest BCUT2D eigenvalue weighted by Crippen LogP contribution is -2.27. The van der Waals surface area contributed by atoms with Gasteiger partial charge >= 0.3 is 0 Å². The van der Waals surface area contributed by atoms with E-state index in [4.69, 9.17) is 23.1 Å². The summed E-state index contributed by atoms with van der Waals surface area (Å²) >= 11 is 5.79. The summed E-state index contributed by atoms with van der Waals surface area (Å²) in [6.45, 7) is 1.83. The number of aliphatic imine (C=N–C) groups is 1. The lowest BCUT2D eigenvalue weighted by molar-refractivity contribution is -0.119. The zero-order valence-electron chi connectivity index (χ0n) is 12.5. The Bertz CT molecular complexity index is 730. The normalized spacial score (nSPS) is 13.2. The molecule has 0 aliphatic rings. The van der Waals surface area contributed by atoms with Gasteiger partial charge in [0.15, 0.2) is 5.96 Å². The Balaban J connectivity index is 2.51. The van der Waals surface area contributed by atoms with E-state index in [1.54, 1.807) is 0 Å². The molecule has 0 fully saturated rings. The quantitative estimate of drug-likeness (QED) is 0.666. The van der Waals surface area contributed by atoms with Gasteiger partial charge in [-0.1, -0.05) is 54.9 Å². The second-order valence-electron chi connectivity index (χ2n) is 5.22. The standard InChI is InChI=1S/C17H17ClFN3O/c1-10(11-5-3-2-4-6-11)15(16(23)22-17(20)21)13-8-7-12(18)9-14(13)19/h2-10,15H,1H3,(H4,20,21,22,23).